The number of benzene rings is 1. The van der Waals surface area contributed by atoms with Crippen molar-refractivity contribution in [2.45, 2.75) is 19.3 Å². The summed E-state index contributed by atoms with van der Waals surface area (Å²) in [7, 11) is 0. The quantitative estimate of drug-likeness (QED) is 0.598. The molecular weight excluding hydrogens is 301 g/mol. The van der Waals surface area contributed by atoms with Crippen LogP contribution in [-0.2, 0) is 9.59 Å². The van der Waals surface area contributed by atoms with Gasteiger partial charge >= 0.3 is 5.97 Å². The van der Waals surface area contributed by atoms with Crippen LogP contribution in [0.3, 0.4) is 0 Å². The number of hydrogen-bond donors (Lipinski definition) is 2. The number of aliphatic carboxylic acids is 1. The van der Waals surface area contributed by atoms with Crippen LogP contribution in [0.2, 0.25) is 10.0 Å². The van der Waals surface area contributed by atoms with Crippen molar-refractivity contribution >= 4 is 41.2 Å². The zero-order valence-corrected chi connectivity index (χ0v) is 12.2. The molecule has 0 aromatic heterocycles. The second-order valence-corrected chi connectivity index (χ2v) is 4.98. The molecule has 1 aromatic rings. The van der Waals surface area contributed by atoms with E-state index in [4.69, 9.17) is 28.3 Å². The van der Waals surface area contributed by atoms with Gasteiger partial charge in [-0.25, -0.2) is 0 Å². The van der Waals surface area contributed by atoms with Gasteiger partial charge in [-0.3, -0.25) is 9.59 Å². The molecule has 6 heteroatoms. The number of carboxylic acids is 1. The summed E-state index contributed by atoms with van der Waals surface area (Å²) in [5.74, 6) is -1.08. The number of amides is 1. The number of rotatable bonds is 7. The number of nitrogens with one attached hydrogen (secondary N) is 1. The Morgan fingerprint density at radius 1 is 1.25 bits per heavy atom. The van der Waals surface area contributed by atoms with E-state index in [2.05, 4.69) is 5.32 Å². The van der Waals surface area contributed by atoms with Gasteiger partial charge in [0, 0.05) is 29.1 Å². The third-order valence-corrected chi connectivity index (χ3v) is 3.07. The lowest BCUT2D eigenvalue weighted by Gasteiger charge is -2.01. The highest BCUT2D eigenvalue weighted by molar-refractivity contribution is 6.34. The summed E-state index contributed by atoms with van der Waals surface area (Å²) in [6, 6.07) is 5.00. The Kier molecular flexibility index (Phi) is 7.12. The fourth-order valence-corrected chi connectivity index (χ4v) is 1.84. The molecule has 4 nitrogen and oxygen atoms in total. The van der Waals surface area contributed by atoms with E-state index in [1.165, 1.54) is 6.08 Å². The normalized spacial score (nSPS) is 10.7. The van der Waals surface area contributed by atoms with Crippen LogP contribution in [0, 0.1) is 0 Å². The number of carbonyl (C=O) groups excluding carboxylic acids is 1. The van der Waals surface area contributed by atoms with Gasteiger partial charge in [0.15, 0.2) is 0 Å². The SMILES string of the molecule is O=C(O)CCCCNC(=O)C=Cc1cc(Cl)ccc1Cl. The summed E-state index contributed by atoms with van der Waals surface area (Å²) in [5, 5.41) is 12.2. The molecule has 0 aliphatic rings. The average molecular weight is 316 g/mol. The Balaban J connectivity index is 2.36. The molecule has 1 aromatic carbocycles. The molecule has 20 heavy (non-hydrogen) atoms. The molecule has 0 unspecified atom stereocenters. The van der Waals surface area contributed by atoms with Gasteiger partial charge in [-0.15, -0.1) is 0 Å². The van der Waals surface area contributed by atoms with Crippen LogP contribution in [0.15, 0.2) is 24.3 Å². The minimum atomic E-state index is -0.827. The third-order valence-electron chi connectivity index (χ3n) is 2.49. The number of hydrogen-bond acceptors (Lipinski definition) is 2. The fourth-order valence-electron chi connectivity index (χ4n) is 1.48. The first-order chi connectivity index (χ1) is 9.49. The second kappa shape index (κ2) is 8.61. The van der Waals surface area contributed by atoms with Gasteiger partial charge in [0.1, 0.15) is 0 Å². The Labute approximate surface area is 127 Å². The van der Waals surface area contributed by atoms with Gasteiger partial charge in [-0.1, -0.05) is 23.2 Å². The zero-order chi connectivity index (χ0) is 15.0. The first-order valence-electron chi connectivity index (χ1n) is 6.12. The van der Waals surface area contributed by atoms with Crippen molar-refractivity contribution in [2.24, 2.45) is 0 Å². The summed E-state index contributed by atoms with van der Waals surface area (Å²) in [4.78, 5) is 21.8. The molecule has 108 valence electrons. The third kappa shape index (κ3) is 6.59. The Morgan fingerprint density at radius 2 is 2.00 bits per heavy atom. The monoisotopic (exact) mass is 315 g/mol. The predicted molar refractivity (Wildman–Crippen MR) is 80.0 cm³/mol. The van der Waals surface area contributed by atoms with Crippen LogP contribution < -0.4 is 5.32 Å². The summed E-state index contributed by atoms with van der Waals surface area (Å²) >= 11 is 11.8. The molecule has 0 bridgehead atoms. The predicted octanol–water partition coefficient (Wildman–Crippen LogP) is 3.38. The molecule has 1 amide bonds. The highest BCUT2D eigenvalue weighted by atomic mass is 35.5. The van der Waals surface area contributed by atoms with Gasteiger partial charge in [-0.2, -0.15) is 0 Å². The summed E-state index contributed by atoms with van der Waals surface area (Å²) in [6.07, 6.45) is 4.24. The molecular formula is C14H15Cl2NO3. The minimum absolute atomic E-state index is 0.115. The Hall–Kier alpha value is -1.52. The Morgan fingerprint density at radius 3 is 2.70 bits per heavy atom. The lowest BCUT2D eigenvalue weighted by atomic mass is 10.2. The highest BCUT2D eigenvalue weighted by Crippen LogP contribution is 2.21. The topological polar surface area (TPSA) is 66.4 Å². The van der Waals surface area contributed by atoms with Crippen molar-refractivity contribution in [3.05, 3.63) is 39.9 Å². The van der Waals surface area contributed by atoms with Crippen LogP contribution in [0.25, 0.3) is 6.08 Å². The molecule has 0 saturated carbocycles. The molecule has 1 rings (SSSR count). The van der Waals surface area contributed by atoms with Crippen LogP contribution in [0.4, 0.5) is 0 Å². The first-order valence-corrected chi connectivity index (χ1v) is 6.87. The minimum Gasteiger partial charge on any atom is -0.481 e. The summed E-state index contributed by atoms with van der Waals surface area (Å²) in [6.45, 7) is 0.444. The number of carboxylic acid groups (broad SMARTS) is 1. The van der Waals surface area contributed by atoms with Crippen molar-refractivity contribution in [2.75, 3.05) is 6.54 Å². The molecule has 0 heterocycles. The Bertz CT molecular complexity index is 515. The molecule has 0 atom stereocenters. The van der Waals surface area contributed by atoms with E-state index < -0.39 is 5.97 Å². The smallest absolute Gasteiger partial charge is 0.303 e. The van der Waals surface area contributed by atoms with Crippen molar-refractivity contribution in [1.29, 1.82) is 0 Å². The van der Waals surface area contributed by atoms with Crippen molar-refractivity contribution in [3.8, 4) is 0 Å². The van der Waals surface area contributed by atoms with Crippen LogP contribution in [0.1, 0.15) is 24.8 Å². The van der Waals surface area contributed by atoms with Crippen LogP contribution in [-0.4, -0.2) is 23.5 Å². The van der Waals surface area contributed by atoms with Crippen molar-refractivity contribution in [3.63, 3.8) is 0 Å². The standard InChI is InChI=1S/C14H15Cl2NO3/c15-11-5-6-12(16)10(9-11)4-7-13(18)17-8-2-1-3-14(19)20/h4-7,9H,1-3,8H2,(H,17,18)(H,19,20). The number of carbonyl (C=O) groups is 2. The van der Waals surface area contributed by atoms with Crippen molar-refractivity contribution < 1.29 is 14.7 Å². The zero-order valence-electron chi connectivity index (χ0n) is 10.7. The molecule has 0 fully saturated rings. The highest BCUT2D eigenvalue weighted by Gasteiger charge is 2.00. The van der Waals surface area contributed by atoms with Crippen molar-refractivity contribution in [1.82, 2.24) is 5.32 Å². The molecule has 0 saturated heterocycles. The summed E-state index contributed by atoms with van der Waals surface area (Å²) in [5.41, 5.74) is 0.667. The maximum atomic E-state index is 11.5. The number of unbranched alkanes of at least 4 members (excludes halogenated alkanes) is 1. The van der Waals surface area contributed by atoms with Crippen LogP contribution in [0.5, 0.6) is 0 Å². The molecule has 2 N–H and O–H groups in total. The number of halogens is 2. The largest absolute Gasteiger partial charge is 0.481 e. The maximum absolute atomic E-state index is 11.5. The van der Waals surface area contributed by atoms with E-state index in [9.17, 15) is 9.59 Å². The maximum Gasteiger partial charge on any atom is 0.303 e. The van der Waals surface area contributed by atoms with E-state index >= 15 is 0 Å². The van der Waals surface area contributed by atoms with Gasteiger partial charge in [0.25, 0.3) is 0 Å². The second-order valence-electron chi connectivity index (χ2n) is 4.14. The molecule has 0 spiro atoms. The molecule has 0 radical (unpaired) electrons. The van der Waals surface area contributed by atoms with Gasteiger partial charge in [0.05, 0.1) is 0 Å². The lowest BCUT2D eigenvalue weighted by molar-refractivity contribution is -0.137. The first kappa shape index (κ1) is 16.5. The molecule has 0 aliphatic carbocycles. The van der Waals surface area contributed by atoms with E-state index in [0.717, 1.165) is 0 Å². The van der Waals surface area contributed by atoms with E-state index in [0.29, 0.717) is 35.0 Å². The van der Waals surface area contributed by atoms with E-state index in [1.807, 2.05) is 0 Å². The van der Waals surface area contributed by atoms with Gasteiger partial charge in [-0.05, 0) is 42.7 Å². The fraction of sp³-hybridized carbons (Fsp3) is 0.286. The lowest BCUT2D eigenvalue weighted by Crippen LogP contribution is -2.22. The van der Waals surface area contributed by atoms with Gasteiger partial charge in [0.2, 0.25) is 5.91 Å². The van der Waals surface area contributed by atoms with E-state index in [-0.39, 0.29) is 12.3 Å². The average Bonchev–Trinajstić information content (AvgIpc) is 2.39. The van der Waals surface area contributed by atoms with Crippen LogP contribution >= 0.6 is 23.2 Å². The van der Waals surface area contributed by atoms with Gasteiger partial charge < -0.3 is 10.4 Å². The molecule has 0 aliphatic heterocycles. The summed E-state index contributed by atoms with van der Waals surface area (Å²) < 4.78 is 0. The van der Waals surface area contributed by atoms with E-state index in [1.54, 1.807) is 24.3 Å².